The van der Waals surface area contributed by atoms with Crippen molar-refractivity contribution in [2.24, 2.45) is 5.41 Å². The van der Waals surface area contributed by atoms with Crippen LogP contribution in [0.15, 0.2) is 66.2 Å². The van der Waals surface area contributed by atoms with Gasteiger partial charge in [-0.15, -0.1) is 11.3 Å². The second-order valence-corrected chi connectivity index (χ2v) is 21.5. The summed E-state index contributed by atoms with van der Waals surface area (Å²) in [4.78, 5) is 52.6. The van der Waals surface area contributed by atoms with Gasteiger partial charge in [-0.2, -0.15) is 0 Å². The second kappa shape index (κ2) is 22.9. The largest absolute Gasteiger partial charge is 0.493 e. The fourth-order valence-electron chi connectivity index (χ4n) is 9.71. The number of hydrogen-bond donors (Lipinski definition) is 4. The van der Waals surface area contributed by atoms with Crippen molar-refractivity contribution >= 4 is 40.0 Å². The van der Waals surface area contributed by atoms with Gasteiger partial charge in [0.25, 0.3) is 0 Å². The van der Waals surface area contributed by atoms with Crippen molar-refractivity contribution in [2.45, 2.75) is 142 Å². The predicted octanol–water partition coefficient (Wildman–Crippen LogP) is 9.51. The molecule has 0 radical (unpaired) electrons. The number of aliphatic hydroxyl groups excluding tert-OH is 1. The van der Waals surface area contributed by atoms with E-state index in [-0.39, 0.29) is 74.9 Å². The van der Waals surface area contributed by atoms with Gasteiger partial charge < -0.3 is 35.1 Å². The number of likely N-dealkylation sites (tertiary alicyclic amines) is 1. The highest BCUT2D eigenvalue weighted by molar-refractivity contribution is 7.13. The number of nitrogens with one attached hydrogen (secondary N) is 3. The summed E-state index contributed by atoms with van der Waals surface area (Å²) in [6.45, 7) is 13.6. The first-order chi connectivity index (χ1) is 33.3. The Labute approximate surface area is 413 Å². The Morgan fingerprint density at radius 1 is 0.957 bits per heavy atom. The number of hydrogen-bond acceptors (Lipinski definition) is 9. The van der Waals surface area contributed by atoms with Crippen LogP contribution in [0.25, 0.3) is 21.3 Å². The number of benzene rings is 3. The summed E-state index contributed by atoms with van der Waals surface area (Å²) in [7, 11) is 0. The molecule has 0 bridgehead atoms. The van der Waals surface area contributed by atoms with Crippen LogP contribution in [-0.4, -0.2) is 105 Å². The lowest BCUT2D eigenvalue weighted by molar-refractivity contribution is -0.144. The number of rotatable bonds is 21. The highest BCUT2D eigenvalue weighted by Gasteiger charge is 2.45. The van der Waals surface area contributed by atoms with E-state index in [9.17, 15) is 19.5 Å². The zero-order valence-corrected chi connectivity index (χ0v) is 42.3. The quantitative estimate of drug-likeness (QED) is 0.0532. The molecule has 4 N–H and O–H groups in total. The maximum absolute atomic E-state index is 16.0. The summed E-state index contributed by atoms with van der Waals surface area (Å²) >= 11 is 1.57. The number of amides is 3. The number of alkyl halides is 1. The molecule has 0 spiro atoms. The molecule has 2 aromatic heterocycles. The van der Waals surface area contributed by atoms with Crippen molar-refractivity contribution in [3.05, 3.63) is 106 Å². The number of halogens is 3. The summed E-state index contributed by atoms with van der Waals surface area (Å²) in [5.74, 6) is -2.52. The van der Waals surface area contributed by atoms with E-state index in [1.807, 2.05) is 93.6 Å². The highest BCUT2D eigenvalue weighted by Crippen LogP contribution is 2.44. The monoisotopic (exact) mass is 986 g/mol. The number of thiazole rings is 1. The summed E-state index contributed by atoms with van der Waals surface area (Å²) < 4.78 is 58.8. The molecular weight excluding hydrogens is 918 g/mol. The summed E-state index contributed by atoms with van der Waals surface area (Å²) in [6.07, 6.45) is 3.96. The van der Waals surface area contributed by atoms with Crippen LogP contribution >= 0.6 is 11.3 Å². The Morgan fingerprint density at radius 3 is 2.31 bits per heavy atom. The van der Waals surface area contributed by atoms with Crippen LogP contribution in [0, 0.1) is 24.0 Å². The number of carbonyl (C=O) groups is 3. The van der Waals surface area contributed by atoms with Gasteiger partial charge in [0.2, 0.25) is 17.7 Å². The fourth-order valence-corrected chi connectivity index (χ4v) is 10.5. The molecule has 1 saturated heterocycles. The lowest BCUT2D eigenvalue weighted by Gasteiger charge is -2.43. The molecule has 5 aromatic rings. The molecule has 0 saturated carbocycles. The van der Waals surface area contributed by atoms with E-state index in [1.165, 1.54) is 30.9 Å². The minimum absolute atomic E-state index is 0.000682. The number of H-pyrrole nitrogens is 1. The third-order valence-corrected chi connectivity index (χ3v) is 14.3. The van der Waals surface area contributed by atoms with Crippen LogP contribution < -0.4 is 15.4 Å². The maximum atomic E-state index is 16.0. The van der Waals surface area contributed by atoms with E-state index in [0.717, 1.165) is 63.8 Å². The lowest BCUT2D eigenvalue weighted by atomic mass is 9.85. The fraction of sp³-hybridized carbons (Fsp3) is 0.519. The first kappa shape index (κ1) is 52.5. The molecule has 0 unspecified atom stereocenters. The van der Waals surface area contributed by atoms with Crippen molar-refractivity contribution in [1.29, 1.82) is 0 Å². The smallest absolute Gasteiger partial charge is 0.246 e. The van der Waals surface area contributed by atoms with Gasteiger partial charge >= 0.3 is 0 Å². The molecule has 3 aromatic carbocycles. The predicted molar refractivity (Wildman–Crippen MR) is 267 cm³/mol. The van der Waals surface area contributed by atoms with Gasteiger partial charge in [-0.25, -0.2) is 18.2 Å². The van der Waals surface area contributed by atoms with Gasteiger partial charge in [-0.1, -0.05) is 82.5 Å². The summed E-state index contributed by atoms with van der Waals surface area (Å²) in [6, 6.07) is 15.3. The Bertz CT molecular complexity index is 2570. The van der Waals surface area contributed by atoms with Crippen LogP contribution in [0.2, 0.25) is 0 Å². The minimum Gasteiger partial charge on any atom is -0.493 e. The number of para-hydroxylation sites is 1. The maximum Gasteiger partial charge on any atom is 0.246 e. The number of aryl methyl sites for hydroxylation is 1. The Hall–Kier alpha value is -5.29. The third kappa shape index (κ3) is 13.0. The van der Waals surface area contributed by atoms with E-state index in [2.05, 4.69) is 20.6 Å². The molecule has 16 heteroatoms. The van der Waals surface area contributed by atoms with E-state index < -0.39 is 52.9 Å². The van der Waals surface area contributed by atoms with Crippen molar-refractivity contribution in [3.8, 4) is 16.2 Å². The van der Waals surface area contributed by atoms with Crippen molar-refractivity contribution < 1.29 is 42.1 Å². The van der Waals surface area contributed by atoms with E-state index in [4.69, 9.17) is 9.47 Å². The lowest BCUT2D eigenvalue weighted by Crippen LogP contribution is -2.57. The Morgan fingerprint density at radius 2 is 1.64 bits per heavy atom. The molecule has 0 aliphatic carbocycles. The number of aromatic amines is 1. The molecule has 7 rings (SSSR count). The van der Waals surface area contributed by atoms with Gasteiger partial charge in [-0.05, 0) is 75.1 Å². The number of aliphatic hydroxyl groups is 1. The minimum atomic E-state index is -1.59. The first-order valence-corrected chi connectivity index (χ1v) is 25.5. The molecule has 3 amide bonds. The average molecular weight is 987 g/mol. The molecule has 12 nitrogen and oxygen atoms in total. The van der Waals surface area contributed by atoms with E-state index in [1.54, 1.807) is 11.3 Å². The van der Waals surface area contributed by atoms with Gasteiger partial charge in [0, 0.05) is 79.4 Å². The zero-order valence-electron chi connectivity index (χ0n) is 41.5. The number of fused-ring (bicyclic) bond motifs is 3. The highest BCUT2D eigenvalue weighted by atomic mass is 32.1. The number of ether oxygens (including phenoxy) is 2. The van der Waals surface area contributed by atoms with Crippen molar-refractivity contribution in [1.82, 2.24) is 30.4 Å². The molecule has 2 aliphatic rings. The van der Waals surface area contributed by atoms with Gasteiger partial charge in [-0.3, -0.25) is 19.3 Å². The first-order valence-electron chi connectivity index (χ1n) is 24.6. The van der Waals surface area contributed by atoms with Crippen molar-refractivity contribution in [2.75, 3.05) is 32.9 Å². The molecule has 378 valence electrons. The molecule has 5 atom stereocenters. The van der Waals surface area contributed by atoms with Crippen LogP contribution in [0.1, 0.15) is 121 Å². The number of carbonyl (C=O) groups excluding carboxylic acids is 3. The molecule has 70 heavy (non-hydrogen) atoms. The van der Waals surface area contributed by atoms with Crippen LogP contribution in [0.3, 0.4) is 0 Å². The Balaban J connectivity index is 0.808. The molecule has 1 fully saturated rings. The summed E-state index contributed by atoms with van der Waals surface area (Å²) in [5, 5.41) is 17.4. The zero-order chi connectivity index (χ0) is 50.3. The van der Waals surface area contributed by atoms with Crippen LogP contribution in [-0.2, 0) is 32.1 Å². The van der Waals surface area contributed by atoms with Crippen LogP contribution in [0.5, 0.6) is 5.75 Å². The SMILES string of the molecule is Cc1ncsc1-c1ccc(CNC(=O)[C@@H]2C[C@@H](O)CN2C(=O)[C@@H](NC(=O)CCOCCCCCCCOc2cc(F)c([C@@H]3c4[nH]c5ccccc5c4C[C@@H](C)N3CC(C)(C)F)c(F)c2)C(C)(C)C)cc1. The third-order valence-electron chi connectivity index (χ3n) is 13.3. The average Bonchev–Trinajstić information content (AvgIpc) is 4.02. The number of β-amino-alcohol motifs (C(OH)–C–C–N with tert-alkyl or cyclic N) is 1. The van der Waals surface area contributed by atoms with E-state index >= 15 is 13.2 Å². The van der Waals surface area contributed by atoms with Crippen LogP contribution in [0.4, 0.5) is 13.2 Å². The van der Waals surface area contributed by atoms with E-state index in [0.29, 0.717) is 25.1 Å². The topological polar surface area (TPSA) is 149 Å². The number of aromatic nitrogens is 2. The molecule has 4 heterocycles. The van der Waals surface area contributed by atoms with Gasteiger partial charge in [0.1, 0.15) is 35.1 Å². The number of unbranched alkanes of at least 4 members (excludes halogenated alkanes) is 4. The Kier molecular flexibility index (Phi) is 17.1. The van der Waals surface area contributed by atoms with Crippen molar-refractivity contribution in [3.63, 3.8) is 0 Å². The van der Waals surface area contributed by atoms with Gasteiger partial charge in [0.05, 0.1) is 41.4 Å². The molecule has 2 aliphatic heterocycles. The standard InChI is InChI=1S/C54H69F3N6O6S/c1-33-25-40-39-15-11-12-16-43(39)60-47(40)48(63(33)31-54(6,7)57)46-41(55)27-38(28-42(46)56)69-23-14-10-8-9-13-22-68-24-21-45(65)61-50(53(3,4)5)52(67)62-30-37(64)26-44(62)51(66)58-29-35-17-19-36(20-18-35)49-34(2)59-32-70-49/h11-12,15-20,27-28,32-33,37,44,48,50,60,64H,8-10,13-14,21-26,29-31H2,1-7H3,(H,58,66)(H,61,65)/t33-,37-,44+,48-,50-/m1/s1. The number of nitrogens with zero attached hydrogens (tertiary/aromatic N) is 3. The summed E-state index contributed by atoms with van der Waals surface area (Å²) in [5.41, 5.74) is 4.85. The normalized spacial score (nSPS) is 19.0. The molecular formula is C54H69F3N6O6S. The van der Waals surface area contributed by atoms with Gasteiger partial charge in [0.15, 0.2) is 0 Å². The second-order valence-electron chi connectivity index (χ2n) is 20.6.